The molecule has 0 bridgehead atoms. The van der Waals surface area contributed by atoms with Crippen molar-refractivity contribution >= 4 is 51.8 Å². The van der Waals surface area contributed by atoms with Gasteiger partial charge in [0.25, 0.3) is 5.91 Å². The largest absolute Gasteiger partial charge is 0.504 e. The zero-order chi connectivity index (χ0) is 34.9. The molecule has 1 atom stereocenters. The molecular formula is C31H33ClF3N9O4. The van der Waals surface area contributed by atoms with Crippen molar-refractivity contribution in [2.75, 3.05) is 42.2 Å². The zero-order valence-corrected chi connectivity index (χ0v) is 27.3. The number of carbonyl (C=O) groups is 2. The Balaban J connectivity index is 1.53. The number of halogens is 4. The lowest BCUT2D eigenvalue weighted by atomic mass is 10.0. The molecule has 4 heterocycles. The Kier molecular flexibility index (Phi) is 9.75. The Morgan fingerprint density at radius 1 is 1.15 bits per heavy atom. The number of rotatable bonds is 8. The van der Waals surface area contributed by atoms with Crippen molar-refractivity contribution in [2.24, 2.45) is 0 Å². The van der Waals surface area contributed by atoms with Crippen molar-refractivity contribution in [3.63, 3.8) is 0 Å². The molecule has 1 aromatic carbocycles. The number of pyridine rings is 1. The van der Waals surface area contributed by atoms with Gasteiger partial charge in [0.1, 0.15) is 24.4 Å². The van der Waals surface area contributed by atoms with Gasteiger partial charge in [-0.05, 0) is 38.0 Å². The summed E-state index contributed by atoms with van der Waals surface area (Å²) >= 11 is 6.09. The van der Waals surface area contributed by atoms with E-state index in [9.17, 15) is 32.7 Å². The molecule has 2 amide bonds. The van der Waals surface area contributed by atoms with E-state index in [0.717, 1.165) is 18.2 Å². The van der Waals surface area contributed by atoms with Crippen molar-refractivity contribution in [3.05, 3.63) is 68.6 Å². The van der Waals surface area contributed by atoms with E-state index in [4.69, 9.17) is 11.6 Å². The third-order valence-electron chi connectivity index (χ3n) is 8.24. The van der Waals surface area contributed by atoms with Crippen molar-refractivity contribution in [1.29, 1.82) is 0 Å². The highest BCUT2D eigenvalue weighted by molar-refractivity contribution is 6.33. The fourth-order valence-electron chi connectivity index (χ4n) is 5.76. The Morgan fingerprint density at radius 3 is 2.54 bits per heavy atom. The first kappa shape index (κ1) is 34.3. The number of aryl methyl sites for hydroxylation is 1. The van der Waals surface area contributed by atoms with Crippen LogP contribution >= 0.6 is 11.6 Å². The molecular weight excluding hydrogens is 655 g/mol. The number of nitrogens with one attached hydrogen (secondary N) is 2. The highest BCUT2D eigenvalue weighted by Crippen LogP contribution is 2.34. The van der Waals surface area contributed by atoms with Crippen LogP contribution in [0.15, 0.2) is 35.5 Å². The third kappa shape index (κ3) is 6.56. The molecule has 0 aliphatic carbocycles. The molecule has 1 aliphatic heterocycles. The smallest absolute Gasteiger partial charge is 0.416 e. The molecule has 5 rings (SSSR count). The number of hydrogen-bond acceptors (Lipinski definition) is 10. The summed E-state index contributed by atoms with van der Waals surface area (Å²) in [7, 11) is 1.62. The van der Waals surface area contributed by atoms with Crippen molar-refractivity contribution < 1.29 is 27.9 Å². The van der Waals surface area contributed by atoms with Crippen LogP contribution in [-0.2, 0) is 23.9 Å². The first-order valence-corrected chi connectivity index (χ1v) is 15.5. The summed E-state index contributed by atoms with van der Waals surface area (Å²) < 4.78 is 41.0. The summed E-state index contributed by atoms with van der Waals surface area (Å²) in [5.41, 5.74) is -0.287. The maximum atomic E-state index is 14.2. The number of aromatic nitrogens is 5. The van der Waals surface area contributed by atoms with Crippen LogP contribution in [0.25, 0.3) is 11.2 Å². The van der Waals surface area contributed by atoms with E-state index in [1.807, 2.05) is 18.7 Å². The predicted molar refractivity (Wildman–Crippen MR) is 174 cm³/mol. The highest BCUT2D eigenvalue weighted by atomic mass is 35.5. The summed E-state index contributed by atoms with van der Waals surface area (Å²) in [6, 6.07) is 2.29. The first-order valence-electron chi connectivity index (χ1n) is 15.1. The van der Waals surface area contributed by atoms with E-state index < -0.39 is 29.0 Å². The third-order valence-corrected chi connectivity index (χ3v) is 8.55. The van der Waals surface area contributed by atoms with Crippen molar-refractivity contribution in [2.45, 2.75) is 52.4 Å². The molecule has 1 saturated heterocycles. The molecule has 17 heteroatoms. The molecule has 48 heavy (non-hydrogen) atoms. The second kappa shape index (κ2) is 13.6. The van der Waals surface area contributed by atoms with Crippen LogP contribution in [-0.4, -0.2) is 79.0 Å². The summed E-state index contributed by atoms with van der Waals surface area (Å²) in [6.07, 6.45) is -1.14. The molecule has 13 nitrogen and oxygen atoms in total. The first-order chi connectivity index (χ1) is 22.8. The number of hydrogen-bond donors (Lipinski definition) is 3. The topological polar surface area (TPSA) is 158 Å². The summed E-state index contributed by atoms with van der Waals surface area (Å²) in [5, 5.41) is 15.6. The molecule has 0 saturated carbocycles. The van der Waals surface area contributed by atoms with Gasteiger partial charge in [0, 0.05) is 38.4 Å². The van der Waals surface area contributed by atoms with Gasteiger partial charge >= 0.3 is 6.18 Å². The van der Waals surface area contributed by atoms with E-state index in [2.05, 4.69) is 30.6 Å². The molecule has 4 aromatic rings. The molecule has 3 aromatic heterocycles. The molecule has 3 N–H and O–H groups in total. The van der Waals surface area contributed by atoms with E-state index in [1.54, 1.807) is 23.4 Å². The standard InChI is InChI=1S/C31H33ClF3N9O4/c1-5-18-13-42(30(48)25-27(46)16(3)38-15-39-25)9-10-43(18)26-21(6-2)44(29-24(28(26)47)41-22(36-4)12-37-29)14-23(45)40-20-8-7-17(11-19(20)32)31(33,34)35/h7-8,11-12,15,18,46H,5-6,9-10,13-14H2,1-4H3,(H,36,41)(H,40,45)/t18-/m0/s1. The second-order valence-electron chi connectivity index (χ2n) is 11.1. The molecule has 0 unspecified atom stereocenters. The minimum absolute atomic E-state index is 0.00385. The van der Waals surface area contributed by atoms with Crippen LogP contribution < -0.4 is 21.0 Å². The average molecular weight is 688 g/mol. The highest BCUT2D eigenvalue weighted by Gasteiger charge is 2.35. The van der Waals surface area contributed by atoms with Gasteiger partial charge in [0.05, 0.1) is 28.2 Å². The van der Waals surface area contributed by atoms with Crippen LogP contribution in [0.3, 0.4) is 0 Å². The predicted octanol–water partition coefficient (Wildman–Crippen LogP) is 4.25. The Bertz CT molecular complexity index is 1950. The maximum absolute atomic E-state index is 14.2. The van der Waals surface area contributed by atoms with Gasteiger partial charge in [0.15, 0.2) is 22.6 Å². The number of piperazine rings is 1. The number of nitrogens with zero attached hydrogens (tertiary/aromatic N) is 7. The number of carbonyl (C=O) groups excluding carboxylic acids is 2. The molecule has 254 valence electrons. The van der Waals surface area contributed by atoms with Crippen LogP contribution in [0.2, 0.25) is 5.02 Å². The maximum Gasteiger partial charge on any atom is 0.416 e. The van der Waals surface area contributed by atoms with Crippen molar-refractivity contribution in [1.82, 2.24) is 29.4 Å². The Labute approximate surface area is 277 Å². The number of anilines is 3. The Hall–Kier alpha value is -4.99. The number of amides is 2. The minimum Gasteiger partial charge on any atom is -0.504 e. The lowest BCUT2D eigenvalue weighted by molar-refractivity contribution is -0.137. The molecule has 0 spiro atoms. The minimum atomic E-state index is -4.61. The zero-order valence-electron chi connectivity index (χ0n) is 26.5. The van der Waals surface area contributed by atoms with Gasteiger partial charge in [0.2, 0.25) is 11.3 Å². The Morgan fingerprint density at radius 2 is 1.90 bits per heavy atom. The van der Waals surface area contributed by atoms with Gasteiger partial charge in [-0.25, -0.2) is 19.9 Å². The molecule has 1 fully saturated rings. The lowest BCUT2D eigenvalue weighted by Gasteiger charge is -2.43. The normalized spacial score (nSPS) is 15.1. The van der Waals surface area contributed by atoms with Crippen LogP contribution in [0, 0.1) is 6.92 Å². The van der Waals surface area contributed by atoms with Crippen LogP contribution in [0.5, 0.6) is 5.75 Å². The van der Waals surface area contributed by atoms with E-state index in [-0.39, 0.29) is 71.2 Å². The van der Waals surface area contributed by atoms with Gasteiger partial charge in [-0.3, -0.25) is 14.4 Å². The van der Waals surface area contributed by atoms with Gasteiger partial charge in [-0.1, -0.05) is 25.4 Å². The monoisotopic (exact) mass is 687 g/mol. The number of benzene rings is 1. The van der Waals surface area contributed by atoms with Gasteiger partial charge in [-0.15, -0.1) is 0 Å². The van der Waals surface area contributed by atoms with Gasteiger partial charge < -0.3 is 30.1 Å². The van der Waals surface area contributed by atoms with Crippen molar-refractivity contribution in [3.8, 4) is 5.75 Å². The number of aromatic hydroxyl groups is 1. The second-order valence-corrected chi connectivity index (χ2v) is 11.6. The fourth-order valence-corrected chi connectivity index (χ4v) is 5.99. The van der Waals surface area contributed by atoms with Crippen LogP contribution in [0.1, 0.15) is 47.7 Å². The summed E-state index contributed by atoms with van der Waals surface area (Å²) in [4.78, 5) is 61.3. The average Bonchev–Trinajstić information content (AvgIpc) is 3.06. The number of fused-ring (bicyclic) bond motifs is 1. The van der Waals surface area contributed by atoms with E-state index >= 15 is 0 Å². The quantitative estimate of drug-likeness (QED) is 0.245. The summed E-state index contributed by atoms with van der Waals surface area (Å²) in [5.74, 6) is -1.06. The lowest BCUT2D eigenvalue weighted by Crippen LogP contribution is -2.56. The number of alkyl halides is 3. The van der Waals surface area contributed by atoms with Crippen LogP contribution in [0.4, 0.5) is 30.4 Å². The summed E-state index contributed by atoms with van der Waals surface area (Å²) in [6.45, 7) is 5.61. The molecule has 0 radical (unpaired) electrons. The fraction of sp³-hybridized carbons (Fsp3) is 0.387. The molecule has 1 aliphatic rings. The SMILES string of the molecule is CCc1c(N2CCN(C(=O)c3ncnc(C)c3O)C[C@@H]2CC)c(=O)c2nc(NC)cnc2n1CC(=O)Nc1ccc(C(F)(F)F)cc1Cl. The van der Waals surface area contributed by atoms with E-state index in [1.165, 1.54) is 12.5 Å². The van der Waals surface area contributed by atoms with Gasteiger partial charge in [-0.2, -0.15) is 13.2 Å². The van der Waals surface area contributed by atoms with E-state index in [0.29, 0.717) is 30.0 Å².